The van der Waals surface area contributed by atoms with E-state index in [4.69, 9.17) is 11.6 Å². The third kappa shape index (κ3) is 4.93. The number of alkyl halides is 6. The summed E-state index contributed by atoms with van der Waals surface area (Å²) < 4.78 is 79.8. The lowest BCUT2D eigenvalue weighted by Gasteiger charge is -2.58. The molecule has 1 aromatic carbocycles. The van der Waals surface area contributed by atoms with Crippen molar-refractivity contribution in [2.75, 3.05) is 37.6 Å². The topological polar surface area (TPSA) is 66.2 Å². The van der Waals surface area contributed by atoms with Crippen molar-refractivity contribution in [3.63, 3.8) is 0 Å². The first-order valence-corrected chi connectivity index (χ1v) is 13.6. The SMILES string of the molecule is FC(F)(F)CN1CC(N2Cc3cc(Cl)ccc3-n3c(nnc3C3CC4(C3)CN(c3nccc(C(F)(F)F)n3)C4)C2)C1. The highest BCUT2D eigenvalue weighted by atomic mass is 35.5. The molecular formula is C26H25ClF6N8. The van der Waals surface area contributed by atoms with E-state index in [1.54, 1.807) is 11.0 Å². The third-order valence-corrected chi connectivity index (χ3v) is 8.84. The molecule has 3 aromatic rings. The molecule has 1 spiro atoms. The highest BCUT2D eigenvalue weighted by molar-refractivity contribution is 6.30. The minimum absolute atomic E-state index is 0.0396. The number of nitrogens with zero attached hydrogens (tertiary/aromatic N) is 8. The van der Waals surface area contributed by atoms with Gasteiger partial charge in [0.05, 0.1) is 18.8 Å². The molecule has 0 atom stereocenters. The van der Waals surface area contributed by atoms with Crippen molar-refractivity contribution in [1.82, 2.24) is 34.5 Å². The van der Waals surface area contributed by atoms with Crippen LogP contribution >= 0.6 is 11.6 Å². The van der Waals surface area contributed by atoms with E-state index in [2.05, 4.69) is 29.6 Å². The molecule has 0 amide bonds. The van der Waals surface area contributed by atoms with Crippen LogP contribution in [0, 0.1) is 5.41 Å². The first-order chi connectivity index (χ1) is 19.4. The monoisotopic (exact) mass is 598 g/mol. The van der Waals surface area contributed by atoms with Crippen LogP contribution in [0.4, 0.5) is 32.3 Å². The Hall–Kier alpha value is -2.97. The van der Waals surface area contributed by atoms with Gasteiger partial charge in [0.1, 0.15) is 11.5 Å². The Morgan fingerprint density at radius 2 is 1.73 bits per heavy atom. The number of halogens is 7. The lowest BCUT2D eigenvalue weighted by Crippen LogP contribution is -2.62. The molecule has 1 aliphatic carbocycles. The van der Waals surface area contributed by atoms with Gasteiger partial charge in [-0.2, -0.15) is 26.3 Å². The zero-order valence-corrected chi connectivity index (χ0v) is 22.4. The number of rotatable bonds is 4. The highest BCUT2D eigenvalue weighted by Crippen LogP contribution is 2.56. The highest BCUT2D eigenvalue weighted by Gasteiger charge is 2.55. The minimum Gasteiger partial charge on any atom is -0.340 e. The molecule has 0 unspecified atom stereocenters. The maximum atomic E-state index is 13.1. The van der Waals surface area contributed by atoms with Gasteiger partial charge in [-0.1, -0.05) is 11.6 Å². The van der Waals surface area contributed by atoms with Crippen LogP contribution in [-0.2, 0) is 19.3 Å². The molecule has 7 rings (SSSR count). The second-order valence-electron chi connectivity index (χ2n) is 11.7. The number of aromatic nitrogens is 5. The molecule has 2 saturated heterocycles. The summed E-state index contributed by atoms with van der Waals surface area (Å²) in [5.41, 5.74) is 0.871. The molecule has 218 valence electrons. The van der Waals surface area contributed by atoms with E-state index in [9.17, 15) is 26.3 Å². The van der Waals surface area contributed by atoms with E-state index in [0.717, 1.165) is 48.0 Å². The molecule has 0 bridgehead atoms. The van der Waals surface area contributed by atoms with E-state index in [1.165, 1.54) is 4.90 Å². The predicted octanol–water partition coefficient (Wildman–Crippen LogP) is 4.68. The molecule has 0 radical (unpaired) electrons. The summed E-state index contributed by atoms with van der Waals surface area (Å²) in [5.74, 6) is 1.74. The minimum atomic E-state index is -4.52. The van der Waals surface area contributed by atoms with Crippen LogP contribution in [0.1, 0.15) is 41.7 Å². The first kappa shape index (κ1) is 26.9. The molecule has 41 heavy (non-hydrogen) atoms. The third-order valence-electron chi connectivity index (χ3n) is 8.61. The standard InChI is InChI=1S/C26H25ClF6N8/c27-17-1-2-19-15(5-17)8-39(18-9-38(10-18)14-25(28,29)30)11-21-36-37-22(41(19)21)16-6-24(7-16)12-40(13-24)23-34-4-3-20(35-23)26(31,32)33/h1-5,16,18H,6-14H2. The van der Waals surface area contributed by atoms with Crippen LogP contribution in [0.25, 0.3) is 5.69 Å². The molecule has 8 nitrogen and oxygen atoms in total. The first-order valence-electron chi connectivity index (χ1n) is 13.3. The van der Waals surface area contributed by atoms with Gasteiger partial charge in [0.2, 0.25) is 5.95 Å². The summed E-state index contributed by atoms with van der Waals surface area (Å²) in [6.07, 6.45) is -6.00. The summed E-state index contributed by atoms with van der Waals surface area (Å²) in [4.78, 5) is 13.0. The van der Waals surface area contributed by atoms with E-state index < -0.39 is 24.6 Å². The lowest BCUT2D eigenvalue weighted by atomic mass is 9.57. The van der Waals surface area contributed by atoms with Crippen LogP contribution in [-0.4, -0.2) is 79.5 Å². The van der Waals surface area contributed by atoms with E-state index in [0.29, 0.717) is 44.3 Å². The van der Waals surface area contributed by atoms with Crippen molar-refractivity contribution < 1.29 is 26.3 Å². The maximum Gasteiger partial charge on any atom is 0.433 e. The van der Waals surface area contributed by atoms with Crippen molar-refractivity contribution in [3.05, 3.63) is 58.4 Å². The Balaban J connectivity index is 1.07. The van der Waals surface area contributed by atoms with Crippen molar-refractivity contribution in [3.8, 4) is 5.69 Å². The van der Waals surface area contributed by atoms with Gasteiger partial charge in [0, 0.05) is 61.3 Å². The summed E-state index contributed by atoms with van der Waals surface area (Å²) >= 11 is 6.34. The fourth-order valence-electron chi connectivity index (χ4n) is 6.72. The Bertz CT molecular complexity index is 1470. The average molecular weight is 599 g/mol. The second-order valence-corrected chi connectivity index (χ2v) is 12.1. The van der Waals surface area contributed by atoms with Gasteiger partial charge in [0.15, 0.2) is 5.82 Å². The Labute approximate surface area is 235 Å². The second kappa shape index (κ2) is 9.27. The predicted molar refractivity (Wildman–Crippen MR) is 136 cm³/mol. The van der Waals surface area contributed by atoms with E-state index in [-0.39, 0.29) is 23.3 Å². The van der Waals surface area contributed by atoms with Crippen LogP contribution in [0.3, 0.4) is 0 Å². The van der Waals surface area contributed by atoms with Crippen molar-refractivity contribution in [1.29, 1.82) is 0 Å². The molecule has 2 aromatic heterocycles. The molecule has 0 N–H and O–H groups in total. The number of hydrogen-bond donors (Lipinski definition) is 0. The van der Waals surface area contributed by atoms with Crippen molar-refractivity contribution in [2.45, 2.75) is 50.2 Å². The number of fused-ring (bicyclic) bond motifs is 3. The number of hydrogen-bond acceptors (Lipinski definition) is 7. The molecule has 3 aliphatic heterocycles. The van der Waals surface area contributed by atoms with Crippen molar-refractivity contribution in [2.24, 2.45) is 5.41 Å². The Morgan fingerprint density at radius 3 is 2.44 bits per heavy atom. The normalized spacial score (nSPS) is 21.6. The van der Waals surface area contributed by atoms with E-state index >= 15 is 0 Å². The van der Waals surface area contributed by atoms with Crippen LogP contribution < -0.4 is 4.90 Å². The van der Waals surface area contributed by atoms with Crippen LogP contribution in [0.15, 0.2) is 30.5 Å². The Kier molecular flexibility index (Phi) is 6.08. The summed E-state index contributed by atoms with van der Waals surface area (Å²) in [6, 6.07) is 6.45. The number of benzene rings is 1. The molecule has 4 aliphatic rings. The number of likely N-dealkylation sites (tertiary alicyclic amines) is 1. The Morgan fingerprint density at radius 1 is 0.976 bits per heavy atom. The summed E-state index contributed by atoms with van der Waals surface area (Å²) in [7, 11) is 0. The molecule has 3 fully saturated rings. The fraction of sp³-hybridized carbons (Fsp3) is 0.538. The zero-order valence-electron chi connectivity index (χ0n) is 21.6. The number of anilines is 1. The zero-order chi connectivity index (χ0) is 28.7. The smallest absolute Gasteiger partial charge is 0.340 e. The molecule has 1 saturated carbocycles. The largest absolute Gasteiger partial charge is 0.433 e. The van der Waals surface area contributed by atoms with Crippen molar-refractivity contribution >= 4 is 17.5 Å². The van der Waals surface area contributed by atoms with Gasteiger partial charge in [0.25, 0.3) is 0 Å². The van der Waals surface area contributed by atoms with Gasteiger partial charge in [-0.15, -0.1) is 10.2 Å². The average Bonchev–Trinajstić information content (AvgIpc) is 3.14. The summed E-state index contributed by atoms with van der Waals surface area (Å²) in [6.45, 7) is 1.86. The van der Waals surface area contributed by atoms with Gasteiger partial charge in [-0.05, 0) is 42.7 Å². The van der Waals surface area contributed by atoms with Gasteiger partial charge < -0.3 is 4.90 Å². The quantitative estimate of drug-likeness (QED) is 0.404. The lowest BCUT2D eigenvalue weighted by molar-refractivity contribution is -0.161. The van der Waals surface area contributed by atoms with E-state index in [1.807, 2.05) is 12.1 Å². The van der Waals surface area contributed by atoms with Gasteiger partial charge >= 0.3 is 12.4 Å². The van der Waals surface area contributed by atoms with Crippen LogP contribution in [0.2, 0.25) is 5.02 Å². The fourth-order valence-corrected chi connectivity index (χ4v) is 6.91. The van der Waals surface area contributed by atoms with Crippen LogP contribution in [0.5, 0.6) is 0 Å². The van der Waals surface area contributed by atoms with Gasteiger partial charge in [-0.25, -0.2) is 9.97 Å². The molecule has 5 heterocycles. The van der Waals surface area contributed by atoms with Gasteiger partial charge in [-0.3, -0.25) is 14.4 Å². The molecule has 15 heteroatoms. The summed E-state index contributed by atoms with van der Waals surface area (Å²) in [5, 5.41) is 9.63. The molecular weight excluding hydrogens is 574 g/mol. The maximum absolute atomic E-state index is 13.1.